The average molecular weight is 548 g/mol. The number of nitrogens with zero attached hydrogens (tertiary/aromatic N) is 2. The van der Waals surface area contributed by atoms with Crippen LogP contribution in [0.1, 0.15) is 40.2 Å². The zero-order valence-electron chi connectivity index (χ0n) is 21.4. The van der Waals surface area contributed by atoms with Crippen molar-refractivity contribution in [2.45, 2.75) is 45.1 Å². The number of hydrogen-bond donors (Lipinski definition) is 0. The Hall–Kier alpha value is -2.39. The third kappa shape index (κ3) is 4.85. The molecule has 35 heavy (non-hydrogen) atoms. The Bertz CT molecular complexity index is 1160. The van der Waals surface area contributed by atoms with Gasteiger partial charge in [0, 0.05) is 29.9 Å². The van der Waals surface area contributed by atoms with Gasteiger partial charge in [0.05, 0.1) is 11.5 Å². The Morgan fingerprint density at radius 1 is 1.03 bits per heavy atom. The van der Waals surface area contributed by atoms with Crippen LogP contribution in [0.3, 0.4) is 0 Å². The molecule has 5 heteroatoms. The average Bonchev–Trinajstić information content (AvgIpc) is 3.11. The molecule has 0 aliphatic carbocycles. The summed E-state index contributed by atoms with van der Waals surface area (Å²) in [4.78, 5) is 2.36. The van der Waals surface area contributed by atoms with Crippen molar-refractivity contribution in [2.75, 3.05) is 24.6 Å². The van der Waals surface area contributed by atoms with Crippen LogP contribution in [0.2, 0.25) is 5.04 Å². The molecule has 182 valence electrons. The van der Waals surface area contributed by atoms with E-state index in [1.807, 2.05) is 13.0 Å². The first kappa shape index (κ1) is 25.7. The van der Waals surface area contributed by atoms with Crippen molar-refractivity contribution in [1.82, 2.24) is 0 Å². The minimum Gasteiger partial charge on any atom is -0.407 e. The third-order valence-corrected chi connectivity index (χ3v) is 12.7. The fraction of sp³-hybridized carbons (Fsp3) is 0.367. The lowest BCUT2D eigenvalue weighted by atomic mass is 9.86. The molecule has 0 bridgehead atoms. The van der Waals surface area contributed by atoms with Crippen molar-refractivity contribution in [3.8, 4) is 6.07 Å². The van der Waals surface area contributed by atoms with Crippen LogP contribution in [0.25, 0.3) is 0 Å². The Balaban J connectivity index is 1.62. The van der Waals surface area contributed by atoms with Gasteiger partial charge in [0.15, 0.2) is 0 Å². The van der Waals surface area contributed by atoms with Crippen molar-refractivity contribution in [2.24, 2.45) is 5.92 Å². The van der Waals surface area contributed by atoms with Gasteiger partial charge in [0.1, 0.15) is 0 Å². The largest absolute Gasteiger partial charge is 0.407 e. The first-order chi connectivity index (χ1) is 16.6. The number of hydrogen-bond acceptors (Lipinski definition) is 3. The Labute approximate surface area is 220 Å². The summed E-state index contributed by atoms with van der Waals surface area (Å²) in [5.41, 5.74) is 1.78. The van der Waals surface area contributed by atoms with Gasteiger partial charge in [0.2, 0.25) is 0 Å². The number of anilines is 1. The quantitative estimate of drug-likeness (QED) is 0.328. The zero-order valence-corrected chi connectivity index (χ0v) is 24.0. The van der Waals surface area contributed by atoms with Crippen molar-refractivity contribution >= 4 is 40.3 Å². The summed E-state index contributed by atoms with van der Waals surface area (Å²) >= 11 is 3.62. The molecule has 1 aliphatic rings. The lowest BCUT2D eigenvalue weighted by Crippen LogP contribution is -2.67. The maximum Gasteiger partial charge on any atom is 0.261 e. The standard InChI is InChI=1S/C30H35BrN2OSi/c1-23(19-33-22-30(5,21-32)27-17-16-24(31)18-28(27)33)20-34-35(29(2,3)4,25-12-8-6-9-13-25)26-14-10-7-11-15-26/h6-18,23H,19-20,22H2,1-5H3. The highest BCUT2D eigenvalue weighted by atomic mass is 79.9. The molecule has 0 fully saturated rings. The van der Waals surface area contributed by atoms with Gasteiger partial charge >= 0.3 is 0 Å². The van der Waals surface area contributed by atoms with Crippen molar-refractivity contribution < 1.29 is 4.43 Å². The molecule has 0 spiro atoms. The van der Waals surface area contributed by atoms with Crippen LogP contribution in [0.15, 0.2) is 83.3 Å². The number of fused-ring (bicyclic) bond motifs is 1. The van der Waals surface area contributed by atoms with E-state index < -0.39 is 13.7 Å². The molecule has 2 atom stereocenters. The second-order valence-corrected chi connectivity index (χ2v) is 16.3. The van der Waals surface area contributed by atoms with Crippen molar-refractivity contribution in [3.05, 3.63) is 88.9 Å². The van der Waals surface area contributed by atoms with Crippen LogP contribution in [0.4, 0.5) is 5.69 Å². The maximum absolute atomic E-state index is 9.94. The van der Waals surface area contributed by atoms with Crippen LogP contribution in [0.5, 0.6) is 0 Å². The fourth-order valence-electron chi connectivity index (χ4n) is 5.50. The summed E-state index contributed by atoms with van der Waals surface area (Å²) in [6, 6.07) is 30.4. The maximum atomic E-state index is 9.94. The molecule has 4 rings (SSSR count). The van der Waals surface area contributed by atoms with Crippen LogP contribution in [0, 0.1) is 17.2 Å². The molecular weight excluding hydrogens is 512 g/mol. The molecule has 0 N–H and O–H groups in total. The van der Waals surface area contributed by atoms with E-state index in [2.05, 4.69) is 127 Å². The molecule has 1 heterocycles. The van der Waals surface area contributed by atoms with Crippen LogP contribution in [-0.2, 0) is 9.84 Å². The SMILES string of the molecule is CC(CO[Si](c1ccccc1)(c1ccccc1)C(C)(C)C)CN1CC(C)(C#N)c2ccc(Br)cc21. The van der Waals surface area contributed by atoms with E-state index in [1.165, 1.54) is 10.4 Å². The molecule has 0 saturated heterocycles. The molecule has 3 nitrogen and oxygen atoms in total. The number of nitriles is 1. The van der Waals surface area contributed by atoms with E-state index in [0.29, 0.717) is 19.1 Å². The van der Waals surface area contributed by atoms with Gasteiger partial charge in [0.25, 0.3) is 8.32 Å². The second-order valence-electron chi connectivity index (χ2n) is 11.1. The summed E-state index contributed by atoms with van der Waals surface area (Å²) in [5.74, 6) is 0.296. The second kappa shape index (κ2) is 9.93. The van der Waals surface area contributed by atoms with Crippen LogP contribution in [-0.4, -0.2) is 28.0 Å². The van der Waals surface area contributed by atoms with E-state index in [9.17, 15) is 5.26 Å². The highest BCUT2D eigenvalue weighted by molar-refractivity contribution is 9.10. The molecule has 0 radical (unpaired) electrons. The van der Waals surface area contributed by atoms with Gasteiger partial charge in [-0.15, -0.1) is 0 Å². The normalized spacial score (nSPS) is 18.7. The topological polar surface area (TPSA) is 36.3 Å². The monoisotopic (exact) mass is 546 g/mol. The van der Waals surface area contributed by atoms with E-state index in [4.69, 9.17) is 4.43 Å². The Morgan fingerprint density at radius 2 is 1.60 bits per heavy atom. The molecule has 0 amide bonds. The molecular formula is C30H35BrN2OSi. The van der Waals surface area contributed by atoms with Crippen LogP contribution < -0.4 is 15.3 Å². The van der Waals surface area contributed by atoms with Crippen LogP contribution >= 0.6 is 15.9 Å². The molecule has 2 unspecified atom stereocenters. The predicted octanol–water partition coefficient (Wildman–Crippen LogP) is 6.26. The van der Waals surface area contributed by atoms with E-state index in [1.54, 1.807) is 0 Å². The lowest BCUT2D eigenvalue weighted by Gasteiger charge is -2.43. The first-order valence-corrected chi connectivity index (χ1v) is 15.0. The minimum absolute atomic E-state index is 0.0418. The third-order valence-electron chi connectivity index (χ3n) is 7.18. The zero-order chi connectivity index (χ0) is 25.3. The van der Waals surface area contributed by atoms with Gasteiger partial charge in [-0.25, -0.2) is 0 Å². The molecule has 3 aromatic rings. The van der Waals surface area contributed by atoms with E-state index >= 15 is 0 Å². The summed E-state index contributed by atoms with van der Waals surface area (Å²) in [6.45, 7) is 13.5. The summed E-state index contributed by atoms with van der Waals surface area (Å²) < 4.78 is 8.21. The van der Waals surface area contributed by atoms with Gasteiger partial charge < -0.3 is 9.33 Å². The Morgan fingerprint density at radius 3 is 2.11 bits per heavy atom. The van der Waals surface area contributed by atoms with Crippen molar-refractivity contribution in [1.29, 1.82) is 5.26 Å². The van der Waals surface area contributed by atoms with Crippen molar-refractivity contribution in [3.63, 3.8) is 0 Å². The number of benzene rings is 3. The molecule has 0 saturated carbocycles. The number of rotatable bonds is 7. The fourth-order valence-corrected chi connectivity index (χ4v) is 10.5. The van der Waals surface area contributed by atoms with Gasteiger partial charge in [-0.3, -0.25) is 0 Å². The highest BCUT2D eigenvalue weighted by Crippen LogP contribution is 2.42. The van der Waals surface area contributed by atoms with E-state index in [-0.39, 0.29) is 5.04 Å². The van der Waals surface area contributed by atoms with Gasteiger partial charge in [-0.2, -0.15) is 5.26 Å². The van der Waals surface area contributed by atoms with Gasteiger partial charge in [-0.05, 0) is 45.9 Å². The summed E-state index contributed by atoms with van der Waals surface area (Å²) in [6.07, 6.45) is 0. The molecule has 0 aromatic heterocycles. The predicted molar refractivity (Wildman–Crippen MR) is 152 cm³/mol. The van der Waals surface area contributed by atoms with E-state index in [0.717, 1.165) is 22.3 Å². The first-order valence-electron chi connectivity index (χ1n) is 12.3. The summed E-state index contributed by atoms with van der Waals surface area (Å²) in [5, 5.41) is 12.5. The van der Waals surface area contributed by atoms with Gasteiger partial charge in [-0.1, -0.05) is 110 Å². The lowest BCUT2D eigenvalue weighted by molar-refractivity contribution is 0.246. The molecule has 3 aromatic carbocycles. The highest BCUT2D eigenvalue weighted by Gasteiger charge is 2.50. The number of halogens is 1. The Kier molecular flexibility index (Phi) is 7.29. The minimum atomic E-state index is -2.56. The smallest absolute Gasteiger partial charge is 0.261 e. The molecule has 1 aliphatic heterocycles. The summed E-state index contributed by atoms with van der Waals surface area (Å²) in [7, 11) is -2.56.